The maximum absolute atomic E-state index is 11.7. The van der Waals surface area contributed by atoms with Crippen molar-refractivity contribution in [1.29, 1.82) is 0 Å². The lowest BCUT2D eigenvalue weighted by atomic mass is 9.94. The van der Waals surface area contributed by atoms with Crippen LogP contribution in [0.4, 0.5) is 0 Å². The van der Waals surface area contributed by atoms with E-state index in [1.807, 2.05) is 0 Å². The van der Waals surface area contributed by atoms with Gasteiger partial charge < -0.3 is 9.47 Å². The highest BCUT2D eigenvalue weighted by Crippen LogP contribution is 2.19. The molecular weight excluding hydrogens is 220 g/mol. The number of ether oxygens (including phenoxy) is 2. The van der Waals surface area contributed by atoms with Gasteiger partial charge in [-0.25, -0.2) is 0 Å². The van der Waals surface area contributed by atoms with Crippen LogP contribution in [0.15, 0.2) is 0 Å². The zero-order chi connectivity index (χ0) is 13.3. The quantitative estimate of drug-likeness (QED) is 0.374. The molecule has 0 amide bonds. The summed E-state index contributed by atoms with van der Waals surface area (Å²) in [7, 11) is 0. The van der Waals surface area contributed by atoms with Crippen LogP contribution in [0.2, 0.25) is 0 Å². The van der Waals surface area contributed by atoms with Crippen LogP contribution < -0.4 is 0 Å². The fourth-order valence-electron chi connectivity index (χ4n) is 1.27. The van der Waals surface area contributed by atoms with Gasteiger partial charge in [-0.2, -0.15) is 0 Å². The molecule has 4 nitrogen and oxygen atoms in total. The van der Waals surface area contributed by atoms with Crippen molar-refractivity contribution in [3.8, 4) is 0 Å². The third-order valence-electron chi connectivity index (χ3n) is 2.53. The summed E-state index contributed by atoms with van der Waals surface area (Å²) in [5.41, 5.74) is -1.21. The van der Waals surface area contributed by atoms with Gasteiger partial charge in [0, 0.05) is 0 Å². The summed E-state index contributed by atoms with van der Waals surface area (Å²) < 4.78 is 9.91. The molecule has 0 rings (SSSR count). The molecule has 4 heteroatoms. The molecule has 0 saturated carbocycles. The van der Waals surface area contributed by atoms with Crippen LogP contribution in [0, 0.1) is 5.41 Å². The lowest BCUT2D eigenvalue weighted by Crippen LogP contribution is -2.36. The predicted molar refractivity (Wildman–Crippen MR) is 65.5 cm³/mol. The Bertz CT molecular complexity index is 246. The van der Waals surface area contributed by atoms with E-state index in [0.717, 1.165) is 25.7 Å². The highest BCUT2D eigenvalue weighted by atomic mass is 16.6. The summed E-state index contributed by atoms with van der Waals surface area (Å²) in [6, 6.07) is 0. The van der Waals surface area contributed by atoms with Crippen LogP contribution in [-0.4, -0.2) is 25.2 Å². The summed E-state index contributed by atoms with van der Waals surface area (Å²) >= 11 is 0. The van der Waals surface area contributed by atoms with Gasteiger partial charge in [-0.05, 0) is 27.2 Å². The first kappa shape index (κ1) is 15.9. The fourth-order valence-corrected chi connectivity index (χ4v) is 1.27. The Morgan fingerprint density at radius 2 is 1.53 bits per heavy atom. The molecule has 0 aromatic rings. The summed E-state index contributed by atoms with van der Waals surface area (Å²) in [5, 5.41) is 0. The van der Waals surface area contributed by atoms with Crippen molar-refractivity contribution in [1.82, 2.24) is 0 Å². The summed E-state index contributed by atoms with van der Waals surface area (Å²) in [4.78, 5) is 23.2. The second-order valence-electron chi connectivity index (χ2n) is 4.54. The van der Waals surface area contributed by atoms with E-state index in [-0.39, 0.29) is 6.61 Å². The number of esters is 2. The van der Waals surface area contributed by atoms with Crippen molar-refractivity contribution in [3.63, 3.8) is 0 Å². The molecule has 0 heterocycles. The highest BCUT2D eigenvalue weighted by Gasteiger charge is 2.39. The first-order chi connectivity index (χ1) is 7.96. The zero-order valence-corrected chi connectivity index (χ0v) is 11.4. The summed E-state index contributed by atoms with van der Waals surface area (Å²) in [5.74, 6) is -1.04. The van der Waals surface area contributed by atoms with Gasteiger partial charge in [0.05, 0.1) is 13.2 Å². The monoisotopic (exact) mass is 244 g/mol. The normalized spacial score (nSPS) is 11.1. The maximum atomic E-state index is 11.7. The molecule has 0 spiro atoms. The minimum Gasteiger partial charge on any atom is -0.465 e. The SMILES string of the molecule is CCCCCCOC(=O)C(C)(C)C(=O)OCC. The van der Waals surface area contributed by atoms with Crippen LogP contribution in [0.25, 0.3) is 0 Å². The Morgan fingerprint density at radius 3 is 2.06 bits per heavy atom. The van der Waals surface area contributed by atoms with E-state index in [9.17, 15) is 9.59 Å². The topological polar surface area (TPSA) is 52.6 Å². The second-order valence-corrected chi connectivity index (χ2v) is 4.54. The van der Waals surface area contributed by atoms with Crippen LogP contribution in [0.3, 0.4) is 0 Å². The van der Waals surface area contributed by atoms with E-state index >= 15 is 0 Å². The van der Waals surface area contributed by atoms with Crippen LogP contribution in [0.1, 0.15) is 53.4 Å². The molecule has 0 N–H and O–H groups in total. The Hall–Kier alpha value is -1.06. The molecule has 0 atom stereocenters. The molecule has 0 aliphatic carbocycles. The first-order valence-electron chi connectivity index (χ1n) is 6.31. The number of hydrogen-bond acceptors (Lipinski definition) is 4. The minimum absolute atomic E-state index is 0.270. The van der Waals surface area contributed by atoms with Gasteiger partial charge in [-0.1, -0.05) is 26.2 Å². The first-order valence-corrected chi connectivity index (χ1v) is 6.31. The van der Waals surface area contributed by atoms with Gasteiger partial charge >= 0.3 is 11.9 Å². The molecule has 0 aliphatic rings. The third kappa shape index (κ3) is 5.71. The Labute approximate surface area is 104 Å². The van der Waals surface area contributed by atoms with E-state index in [4.69, 9.17) is 9.47 Å². The van der Waals surface area contributed by atoms with Crippen molar-refractivity contribution < 1.29 is 19.1 Å². The second kappa shape index (κ2) is 8.09. The van der Waals surface area contributed by atoms with Crippen molar-refractivity contribution >= 4 is 11.9 Å². The molecular formula is C13H24O4. The Balaban J connectivity index is 3.99. The van der Waals surface area contributed by atoms with E-state index in [0.29, 0.717) is 6.61 Å². The molecule has 0 aliphatic heterocycles. The van der Waals surface area contributed by atoms with Crippen molar-refractivity contribution in [2.45, 2.75) is 53.4 Å². The largest absolute Gasteiger partial charge is 0.465 e. The van der Waals surface area contributed by atoms with Crippen LogP contribution in [0.5, 0.6) is 0 Å². The molecule has 0 aromatic heterocycles. The van der Waals surface area contributed by atoms with Crippen molar-refractivity contribution in [2.24, 2.45) is 5.41 Å². The van der Waals surface area contributed by atoms with Crippen molar-refractivity contribution in [2.75, 3.05) is 13.2 Å². The standard InChI is InChI=1S/C13H24O4/c1-5-7-8-9-10-17-12(15)13(3,4)11(14)16-6-2/h5-10H2,1-4H3. The number of hydrogen-bond donors (Lipinski definition) is 0. The van der Waals surface area contributed by atoms with E-state index in [1.165, 1.54) is 13.8 Å². The van der Waals surface area contributed by atoms with E-state index < -0.39 is 17.4 Å². The fraction of sp³-hybridized carbons (Fsp3) is 0.846. The van der Waals surface area contributed by atoms with Gasteiger partial charge in [0.1, 0.15) is 0 Å². The van der Waals surface area contributed by atoms with Gasteiger partial charge in [0.25, 0.3) is 0 Å². The molecule has 100 valence electrons. The average molecular weight is 244 g/mol. The van der Waals surface area contributed by atoms with Gasteiger partial charge in [-0.3, -0.25) is 9.59 Å². The Morgan fingerprint density at radius 1 is 0.941 bits per heavy atom. The predicted octanol–water partition coefficient (Wildman–Crippen LogP) is 2.70. The molecule has 0 bridgehead atoms. The molecule has 0 unspecified atom stereocenters. The van der Waals surface area contributed by atoms with Crippen molar-refractivity contribution in [3.05, 3.63) is 0 Å². The average Bonchev–Trinajstić information content (AvgIpc) is 2.28. The highest BCUT2D eigenvalue weighted by molar-refractivity contribution is 5.99. The van der Waals surface area contributed by atoms with E-state index in [1.54, 1.807) is 6.92 Å². The zero-order valence-electron chi connectivity index (χ0n) is 11.4. The van der Waals surface area contributed by atoms with Gasteiger partial charge in [0.2, 0.25) is 0 Å². The minimum atomic E-state index is -1.21. The molecule has 17 heavy (non-hydrogen) atoms. The lowest BCUT2D eigenvalue weighted by molar-refractivity contribution is -0.169. The molecule has 0 saturated heterocycles. The summed E-state index contributed by atoms with van der Waals surface area (Å²) in [6.45, 7) is 7.53. The molecule has 0 radical (unpaired) electrons. The summed E-state index contributed by atoms with van der Waals surface area (Å²) in [6.07, 6.45) is 4.17. The molecule has 0 aromatic carbocycles. The number of carbonyl (C=O) groups is 2. The van der Waals surface area contributed by atoms with Crippen LogP contribution in [-0.2, 0) is 19.1 Å². The Kier molecular flexibility index (Phi) is 7.59. The van der Waals surface area contributed by atoms with E-state index in [2.05, 4.69) is 6.92 Å². The number of unbranched alkanes of at least 4 members (excludes halogenated alkanes) is 3. The number of carbonyl (C=O) groups excluding carboxylic acids is 2. The molecule has 0 fully saturated rings. The van der Waals surface area contributed by atoms with Gasteiger partial charge in [0.15, 0.2) is 5.41 Å². The van der Waals surface area contributed by atoms with Gasteiger partial charge in [-0.15, -0.1) is 0 Å². The van der Waals surface area contributed by atoms with Crippen LogP contribution >= 0.6 is 0 Å². The third-order valence-corrected chi connectivity index (χ3v) is 2.53. The maximum Gasteiger partial charge on any atom is 0.322 e. The smallest absolute Gasteiger partial charge is 0.322 e. The number of rotatable bonds is 8. The lowest BCUT2D eigenvalue weighted by Gasteiger charge is -2.20.